The number of pyridine rings is 1. The summed E-state index contributed by atoms with van der Waals surface area (Å²) in [4.78, 5) is 29.1. The summed E-state index contributed by atoms with van der Waals surface area (Å²) in [5.41, 5.74) is -6.59. The van der Waals surface area contributed by atoms with Gasteiger partial charge in [-0.2, -0.15) is 26.3 Å². The zero-order valence-electron chi connectivity index (χ0n) is 25.4. The molecular weight excluding hydrogens is 620 g/mol. The molecule has 0 aliphatic carbocycles. The van der Waals surface area contributed by atoms with Crippen molar-refractivity contribution in [2.75, 3.05) is 0 Å². The van der Waals surface area contributed by atoms with Crippen LogP contribution in [-0.2, 0) is 40.1 Å². The van der Waals surface area contributed by atoms with Gasteiger partial charge in [-0.05, 0) is 74.2 Å². The minimum Gasteiger partial charge on any atom is -0.487 e. The van der Waals surface area contributed by atoms with Crippen LogP contribution < -0.4 is 20.1 Å². The minimum absolute atomic E-state index is 0.0115. The van der Waals surface area contributed by atoms with Crippen molar-refractivity contribution in [1.82, 2.24) is 15.6 Å². The Bertz CT molecular complexity index is 1590. The molecule has 0 spiro atoms. The molecule has 1 atom stereocenters. The molecule has 8 nitrogen and oxygen atoms in total. The van der Waals surface area contributed by atoms with Crippen LogP contribution in [0.1, 0.15) is 62.1 Å². The Labute approximate surface area is 261 Å². The number of ether oxygens (including phenoxy) is 2. The molecule has 1 unspecified atom stereocenters. The number of hydrogen-bond donors (Lipinski definition) is 3. The molecule has 0 radical (unpaired) electrons. The van der Waals surface area contributed by atoms with Gasteiger partial charge in [0.1, 0.15) is 28.4 Å². The average Bonchev–Trinajstić information content (AvgIpc) is 3.28. The fourth-order valence-corrected chi connectivity index (χ4v) is 5.27. The van der Waals surface area contributed by atoms with Gasteiger partial charge in [0.2, 0.25) is 12.3 Å². The molecule has 2 amide bonds. The highest BCUT2D eigenvalue weighted by Gasteiger charge is 2.71. The van der Waals surface area contributed by atoms with E-state index in [2.05, 4.69) is 15.6 Å². The molecule has 1 aliphatic rings. The lowest BCUT2D eigenvalue weighted by atomic mass is 9.88. The lowest BCUT2D eigenvalue weighted by molar-refractivity contribution is -0.376. The number of aryl methyl sites for hydroxylation is 1. The van der Waals surface area contributed by atoms with Gasteiger partial charge in [0.15, 0.2) is 0 Å². The Morgan fingerprint density at radius 3 is 2.35 bits per heavy atom. The predicted octanol–water partition coefficient (Wildman–Crippen LogP) is 6.13. The monoisotopic (exact) mass is 653 g/mol. The molecule has 248 valence electrons. The molecule has 0 saturated heterocycles. The van der Waals surface area contributed by atoms with Crippen molar-refractivity contribution in [1.29, 1.82) is 0 Å². The number of nitrogens with zero attached hydrogens (tertiary/aromatic N) is 1. The van der Waals surface area contributed by atoms with E-state index in [9.17, 15) is 41.0 Å². The number of carbonyl (C=O) groups is 2. The Morgan fingerprint density at radius 1 is 1.04 bits per heavy atom. The van der Waals surface area contributed by atoms with Gasteiger partial charge in [-0.1, -0.05) is 25.5 Å². The van der Waals surface area contributed by atoms with Crippen LogP contribution in [0.4, 0.5) is 26.3 Å². The maximum Gasteiger partial charge on any atom is 0.430 e. The summed E-state index contributed by atoms with van der Waals surface area (Å²) in [5, 5.41) is 15.1. The van der Waals surface area contributed by atoms with Crippen molar-refractivity contribution in [3.63, 3.8) is 0 Å². The summed E-state index contributed by atoms with van der Waals surface area (Å²) in [5.74, 6) is 0.261. The number of benzene rings is 2. The fraction of sp³-hybridized carbons (Fsp3) is 0.406. The maximum atomic E-state index is 13.5. The maximum absolute atomic E-state index is 13.5. The van der Waals surface area contributed by atoms with Crippen molar-refractivity contribution < 1.29 is 50.5 Å². The second-order valence-electron chi connectivity index (χ2n) is 11.8. The highest BCUT2D eigenvalue weighted by molar-refractivity contribution is 5.89. The van der Waals surface area contributed by atoms with Crippen LogP contribution in [0.5, 0.6) is 17.2 Å². The number of aromatic nitrogens is 1. The Morgan fingerprint density at radius 2 is 1.72 bits per heavy atom. The second-order valence-corrected chi connectivity index (χ2v) is 11.8. The highest BCUT2D eigenvalue weighted by Crippen LogP contribution is 2.50. The number of nitrogens with one attached hydrogen (secondary N) is 2. The quantitative estimate of drug-likeness (QED) is 0.170. The van der Waals surface area contributed by atoms with Gasteiger partial charge in [0.25, 0.3) is 5.60 Å². The number of carbonyl (C=O) groups excluding carboxylic acids is 2. The Kier molecular flexibility index (Phi) is 9.36. The van der Waals surface area contributed by atoms with E-state index >= 15 is 0 Å². The summed E-state index contributed by atoms with van der Waals surface area (Å²) >= 11 is 0. The van der Waals surface area contributed by atoms with Gasteiger partial charge in [-0.25, -0.2) is 0 Å². The molecule has 1 aromatic heterocycles. The molecule has 4 rings (SSSR count). The zero-order chi connectivity index (χ0) is 34.1. The van der Waals surface area contributed by atoms with Gasteiger partial charge in [-0.3, -0.25) is 14.6 Å². The van der Waals surface area contributed by atoms with E-state index in [-0.39, 0.29) is 30.0 Å². The molecule has 3 aromatic rings. The van der Waals surface area contributed by atoms with E-state index in [0.29, 0.717) is 48.4 Å². The van der Waals surface area contributed by atoms with Gasteiger partial charge in [-0.15, -0.1) is 0 Å². The van der Waals surface area contributed by atoms with Crippen LogP contribution in [0.2, 0.25) is 0 Å². The number of alkyl halides is 6. The van der Waals surface area contributed by atoms with E-state index in [1.807, 2.05) is 13.8 Å². The van der Waals surface area contributed by atoms with Crippen LogP contribution in [-0.4, -0.2) is 40.4 Å². The number of fused-ring (bicyclic) bond motifs is 1. The van der Waals surface area contributed by atoms with Gasteiger partial charge >= 0.3 is 12.4 Å². The molecule has 14 heteroatoms. The first kappa shape index (κ1) is 34.5. The van der Waals surface area contributed by atoms with E-state index in [1.54, 1.807) is 32.0 Å². The lowest BCUT2D eigenvalue weighted by Gasteiger charge is -2.33. The predicted molar refractivity (Wildman–Crippen MR) is 154 cm³/mol. The second kappa shape index (κ2) is 12.5. The van der Waals surface area contributed by atoms with Crippen molar-refractivity contribution >= 4 is 12.3 Å². The van der Waals surface area contributed by atoms with Crippen LogP contribution in [0.3, 0.4) is 0 Å². The lowest BCUT2D eigenvalue weighted by Crippen LogP contribution is -2.53. The SMILES string of the molecule is CCCc1cc(C(O)(C(F)(F)F)C(F)(F)F)ccc1Oc1ccnc(CNC(=O)C(C)(NC=O)c2ccc3c(c2)CC(C)(C)O3)c1. The molecular formula is C32H33F6N3O5. The standard InChI is InChI=1S/C32H33F6N3O5/c1-5-6-19-13-22(30(44,31(33,34)35)32(36,37)38)8-9-25(19)45-24-11-12-39-23(15-24)17-40-27(43)29(4,41-18-42)21-7-10-26-20(14-21)16-28(2,3)46-26/h7-15,18,44H,5-6,16-17H2,1-4H3,(H,40,43)(H,41,42). The van der Waals surface area contributed by atoms with Crippen molar-refractivity contribution in [2.45, 2.75) is 82.6 Å². The molecule has 0 bridgehead atoms. The number of amides is 2. The molecule has 1 aliphatic heterocycles. The van der Waals surface area contributed by atoms with Crippen molar-refractivity contribution in [3.8, 4) is 17.2 Å². The summed E-state index contributed by atoms with van der Waals surface area (Å²) in [7, 11) is 0. The highest BCUT2D eigenvalue weighted by atomic mass is 19.4. The van der Waals surface area contributed by atoms with Crippen LogP contribution in [0.15, 0.2) is 54.7 Å². The third kappa shape index (κ3) is 6.76. The summed E-state index contributed by atoms with van der Waals surface area (Å²) < 4.78 is 92.4. The van der Waals surface area contributed by atoms with Crippen LogP contribution >= 0.6 is 0 Å². The average molecular weight is 654 g/mol. The van der Waals surface area contributed by atoms with Crippen LogP contribution in [0, 0.1) is 0 Å². The number of rotatable bonds is 11. The summed E-state index contributed by atoms with van der Waals surface area (Å²) in [6, 6.07) is 10.2. The van der Waals surface area contributed by atoms with Gasteiger partial charge in [0.05, 0.1) is 12.2 Å². The molecule has 3 N–H and O–H groups in total. The third-order valence-electron chi connectivity index (χ3n) is 7.71. The fourth-order valence-electron chi connectivity index (χ4n) is 5.27. The van der Waals surface area contributed by atoms with E-state index in [1.165, 1.54) is 18.3 Å². The van der Waals surface area contributed by atoms with E-state index in [0.717, 1.165) is 11.6 Å². The first-order valence-corrected chi connectivity index (χ1v) is 14.3. The first-order valence-electron chi connectivity index (χ1n) is 14.3. The van der Waals surface area contributed by atoms with Crippen molar-refractivity contribution in [2.24, 2.45) is 0 Å². The topological polar surface area (TPSA) is 110 Å². The van der Waals surface area contributed by atoms with Crippen molar-refractivity contribution in [3.05, 3.63) is 82.7 Å². The molecule has 2 heterocycles. The van der Waals surface area contributed by atoms with E-state index in [4.69, 9.17) is 9.47 Å². The summed E-state index contributed by atoms with van der Waals surface area (Å²) in [6.07, 6.45) is -9.26. The number of hydrogen-bond acceptors (Lipinski definition) is 6. The Balaban J connectivity index is 1.54. The Hall–Kier alpha value is -4.33. The number of halogens is 6. The molecule has 46 heavy (non-hydrogen) atoms. The first-order chi connectivity index (χ1) is 21.3. The van der Waals surface area contributed by atoms with Gasteiger partial charge in [0, 0.05) is 24.2 Å². The third-order valence-corrected chi connectivity index (χ3v) is 7.71. The zero-order valence-corrected chi connectivity index (χ0v) is 25.4. The normalized spacial score (nSPS) is 15.7. The molecule has 2 aromatic carbocycles. The van der Waals surface area contributed by atoms with Crippen LogP contribution in [0.25, 0.3) is 0 Å². The van der Waals surface area contributed by atoms with E-state index < -0.39 is 40.6 Å². The molecule has 0 fully saturated rings. The largest absolute Gasteiger partial charge is 0.487 e. The smallest absolute Gasteiger partial charge is 0.430 e. The molecule has 0 saturated carbocycles. The minimum atomic E-state index is -6.02. The number of aliphatic hydroxyl groups is 1. The summed E-state index contributed by atoms with van der Waals surface area (Å²) in [6.45, 7) is 6.98. The van der Waals surface area contributed by atoms with Gasteiger partial charge < -0.3 is 25.2 Å².